The van der Waals surface area contributed by atoms with Crippen LogP contribution in [0.25, 0.3) is 0 Å². The van der Waals surface area contributed by atoms with Crippen molar-refractivity contribution < 1.29 is 28.5 Å². The average molecular weight is 477 g/mol. The second kappa shape index (κ2) is 12.8. The van der Waals surface area contributed by atoms with Gasteiger partial charge >= 0.3 is 5.97 Å². The highest BCUT2D eigenvalue weighted by molar-refractivity contribution is 5.92. The van der Waals surface area contributed by atoms with Gasteiger partial charge in [-0.15, -0.1) is 0 Å². The normalized spacial score (nSPS) is 10.6. The second-order valence-corrected chi connectivity index (χ2v) is 7.52. The van der Waals surface area contributed by atoms with Gasteiger partial charge in [0.2, 0.25) is 0 Å². The Labute approximate surface area is 204 Å². The second-order valence-electron chi connectivity index (χ2n) is 7.52. The van der Waals surface area contributed by atoms with Gasteiger partial charge in [0.25, 0.3) is 5.91 Å². The molecule has 3 rings (SSSR count). The van der Waals surface area contributed by atoms with Crippen molar-refractivity contribution in [2.24, 2.45) is 5.10 Å². The smallest absolute Gasteiger partial charge is 0.343 e. The number of benzene rings is 3. The van der Waals surface area contributed by atoms with Gasteiger partial charge < -0.3 is 18.9 Å². The molecule has 0 radical (unpaired) electrons. The van der Waals surface area contributed by atoms with E-state index in [0.717, 1.165) is 12.0 Å². The number of ether oxygens (including phenoxy) is 4. The van der Waals surface area contributed by atoms with Crippen molar-refractivity contribution in [2.45, 2.75) is 20.3 Å². The van der Waals surface area contributed by atoms with Gasteiger partial charge in [-0.05, 0) is 73.0 Å². The number of hydrazone groups is 1. The Balaban J connectivity index is 1.55. The quantitative estimate of drug-likeness (QED) is 0.189. The maximum Gasteiger partial charge on any atom is 0.343 e. The molecule has 35 heavy (non-hydrogen) atoms. The van der Waals surface area contributed by atoms with Crippen molar-refractivity contribution in [3.05, 3.63) is 83.4 Å². The minimum atomic E-state index is -0.521. The molecule has 0 spiro atoms. The number of carbonyl (C=O) groups is 2. The molecule has 0 fully saturated rings. The standard InChI is InChI=1S/C27H28N2O6/c1-4-15-33-22-12-10-21(11-13-22)27(31)35-24-14-9-20(16-25(24)32-3)17-28-29-26(30)18-34-23-8-6-5-7-19(23)2/h5-14,16-17H,4,15,18H2,1-3H3,(H,29,30)/b28-17-. The van der Waals surface area contributed by atoms with Gasteiger partial charge in [-0.1, -0.05) is 25.1 Å². The highest BCUT2D eigenvalue weighted by Gasteiger charge is 2.13. The van der Waals surface area contributed by atoms with E-state index in [2.05, 4.69) is 10.5 Å². The number of methoxy groups -OCH3 is 1. The van der Waals surface area contributed by atoms with Crippen LogP contribution in [0.1, 0.15) is 34.8 Å². The Kier molecular flexibility index (Phi) is 9.24. The Morgan fingerprint density at radius 3 is 2.43 bits per heavy atom. The van der Waals surface area contributed by atoms with E-state index in [4.69, 9.17) is 18.9 Å². The van der Waals surface area contributed by atoms with Crippen LogP contribution in [0.3, 0.4) is 0 Å². The largest absolute Gasteiger partial charge is 0.494 e. The van der Waals surface area contributed by atoms with Gasteiger partial charge in [0.05, 0.1) is 25.5 Å². The van der Waals surface area contributed by atoms with Crippen LogP contribution in [0.4, 0.5) is 0 Å². The molecule has 0 saturated carbocycles. The number of nitrogens with one attached hydrogen (secondary N) is 1. The minimum absolute atomic E-state index is 0.161. The van der Waals surface area contributed by atoms with Crippen LogP contribution in [0.5, 0.6) is 23.0 Å². The molecular formula is C27H28N2O6. The molecule has 0 aromatic heterocycles. The molecule has 0 aliphatic carbocycles. The molecule has 8 heteroatoms. The monoisotopic (exact) mass is 476 g/mol. The van der Waals surface area contributed by atoms with E-state index in [0.29, 0.717) is 35.0 Å². The van der Waals surface area contributed by atoms with E-state index in [1.54, 1.807) is 48.5 Å². The molecule has 8 nitrogen and oxygen atoms in total. The number of amides is 1. The Morgan fingerprint density at radius 1 is 0.943 bits per heavy atom. The molecule has 0 bridgehead atoms. The summed E-state index contributed by atoms with van der Waals surface area (Å²) in [5, 5.41) is 3.94. The van der Waals surface area contributed by atoms with Crippen molar-refractivity contribution in [3.63, 3.8) is 0 Å². The molecule has 3 aromatic carbocycles. The fourth-order valence-corrected chi connectivity index (χ4v) is 2.99. The highest BCUT2D eigenvalue weighted by atomic mass is 16.6. The lowest BCUT2D eigenvalue weighted by atomic mass is 10.2. The van der Waals surface area contributed by atoms with Crippen molar-refractivity contribution >= 4 is 18.1 Å². The third-order valence-electron chi connectivity index (χ3n) is 4.81. The lowest BCUT2D eigenvalue weighted by Gasteiger charge is -2.10. The first-order valence-corrected chi connectivity index (χ1v) is 11.1. The molecule has 0 aliphatic rings. The first kappa shape index (κ1) is 25.3. The van der Waals surface area contributed by atoms with Crippen molar-refractivity contribution in [3.8, 4) is 23.0 Å². The molecule has 0 aliphatic heterocycles. The lowest BCUT2D eigenvalue weighted by Crippen LogP contribution is -2.24. The number of para-hydroxylation sites is 1. The molecule has 1 amide bonds. The maximum absolute atomic E-state index is 12.5. The van der Waals surface area contributed by atoms with E-state index >= 15 is 0 Å². The molecule has 0 unspecified atom stereocenters. The zero-order valence-corrected chi connectivity index (χ0v) is 19.9. The highest BCUT2D eigenvalue weighted by Crippen LogP contribution is 2.28. The van der Waals surface area contributed by atoms with Crippen LogP contribution in [0.15, 0.2) is 71.8 Å². The van der Waals surface area contributed by atoms with E-state index in [1.165, 1.54) is 13.3 Å². The first-order chi connectivity index (χ1) is 17.0. The molecule has 182 valence electrons. The fraction of sp³-hybridized carbons (Fsp3) is 0.222. The summed E-state index contributed by atoms with van der Waals surface area (Å²) in [5.41, 5.74) is 4.38. The number of esters is 1. The van der Waals surface area contributed by atoms with Crippen molar-refractivity contribution in [1.29, 1.82) is 0 Å². The lowest BCUT2D eigenvalue weighted by molar-refractivity contribution is -0.123. The number of hydrogen-bond donors (Lipinski definition) is 1. The number of nitrogens with zero attached hydrogens (tertiary/aromatic N) is 1. The van der Waals surface area contributed by atoms with Gasteiger partial charge in [0, 0.05) is 0 Å². The summed E-state index contributed by atoms with van der Waals surface area (Å²) >= 11 is 0. The van der Waals surface area contributed by atoms with E-state index in [1.807, 2.05) is 32.0 Å². The van der Waals surface area contributed by atoms with Crippen LogP contribution in [-0.4, -0.2) is 38.4 Å². The third kappa shape index (κ3) is 7.60. The van der Waals surface area contributed by atoms with Crippen molar-refractivity contribution in [2.75, 3.05) is 20.3 Å². The van der Waals surface area contributed by atoms with E-state index in [-0.39, 0.29) is 12.4 Å². The summed E-state index contributed by atoms with van der Waals surface area (Å²) in [6.07, 6.45) is 2.36. The summed E-state index contributed by atoms with van der Waals surface area (Å²) < 4.78 is 21.9. The maximum atomic E-state index is 12.5. The summed E-state index contributed by atoms with van der Waals surface area (Å²) in [6, 6.07) is 19.1. The molecule has 0 atom stereocenters. The zero-order chi connectivity index (χ0) is 25.0. The summed E-state index contributed by atoms with van der Waals surface area (Å²) in [4.78, 5) is 24.5. The van der Waals surface area contributed by atoms with Crippen LogP contribution in [0.2, 0.25) is 0 Å². The average Bonchev–Trinajstić information content (AvgIpc) is 2.88. The van der Waals surface area contributed by atoms with Crippen LogP contribution < -0.4 is 24.4 Å². The Bertz CT molecular complexity index is 1170. The fourth-order valence-electron chi connectivity index (χ4n) is 2.99. The molecule has 1 N–H and O–H groups in total. The molecule has 0 saturated heterocycles. The van der Waals surface area contributed by atoms with Crippen LogP contribution in [0, 0.1) is 6.92 Å². The predicted molar refractivity (Wildman–Crippen MR) is 133 cm³/mol. The topological polar surface area (TPSA) is 95.5 Å². The zero-order valence-electron chi connectivity index (χ0n) is 19.9. The van der Waals surface area contributed by atoms with Gasteiger partial charge in [0.15, 0.2) is 18.1 Å². The first-order valence-electron chi connectivity index (χ1n) is 11.1. The number of rotatable bonds is 11. The summed E-state index contributed by atoms with van der Waals surface area (Å²) in [5.74, 6) is 1.03. The number of carbonyl (C=O) groups excluding carboxylic acids is 2. The van der Waals surface area contributed by atoms with Gasteiger partial charge in [-0.3, -0.25) is 4.79 Å². The van der Waals surface area contributed by atoms with E-state index in [9.17, 15) is 9.59 Å². The Hall–Kier alpha value is -4.33. The SMILES string of the molecule is CCCOc1ccc(C(=O)Oc2ccc(/C=N\NC(=O)COc3ccccc3C)cc2OC)cc1. The molecule has 0 heterocycles. The van der Waals surface area contributed by atoms with Crippen LogP contribution in [-0.2, 0) is 4.79 Å². The van der Waals surface area contributed by atoms with Gasteiger partial charge in [-0.25, -0.2) is 10.2 Å². The van der Waals surface area contributed by atoms with Crippen LogP contribution >= 0.6 is 0 Å². The minimum Gasteiger partial charge on any atom is -0.494 e. The number of hydrogen-bond acceptors (Lipinski definition) is 7. The van der Waals surface area contributed by atoms with Gasteiger partial charge in [-0.2, -0.15) is 5.10 Å². The number of aryl methyl sites for hydroxylation is 1. The third-order valence-corrected chi connectivity index (χ3v) is 4.81. The molecule has 3 aromatic rings. The predicted octanol–water partition coefficient (Wildman–Crippen LogP) is 4.54. The summed E-state index contributed by atoms with van der Waals surface area (Å²) in [7, 11) is 1.47. The summed E-state index contributed by atoms with van der Waals surface area (Å²) in [6.45, 7) is 4.38. The van der Waals surface area contributed by atoms with Crippen molar-refractivity contribution in [1.82, 2.24) is 5.43 Å². The van der Waals surface area contributed by atoms with Gasteiger partial charge in [0.1, 0.15) is 11.5 Å². The van der Waals surface area contributed by atoms with E-state index < -0.39 is 11.9 Å². The Morgan fingerprint density at radius 2 is 1.71 bits per heavy atom. The molecular weight excluding hydrogens is 448 g/mol.